The van der Waals surface area contributed by atoms with Crippen molar-refractivity contribution in [1.82, 2.24) is 21.3 Å². The molecule has 0 saturated heterocycles. The Balaban J connectivity index is 2.63. The van der Waals surface area contributed by atoms with Crippen molar-refractivity contribution in [2.75, 3.05) is 6.54 Å². The molecule has 12 nitrogen and oxygen atoms in total. The van der Waals surface area contributed by atoms with Crippen molar-refractivity contribution in [1.29, 1.82) is 0 Å². The van der Waals surface area contributed by atoms with Gasteiger partial charge in [0.15, 0.2) is 0 Å². The maximum absolute atomic E-state index is 12.7. The first kappa shape index (κ1) is 29.4. The average Bonchev–Trinajstić information content (AvgIpc) is 2.80. The van der Waals surface area contributed by atoms with Crippen molar-refractivity contribution in [3.63, 3.8) is 0 Å². The average molecular weight is 494 g/mol. The van der Waals surface area contributed by atoms with Gasteiger partial charge in [0.05, 0.1) is 12.6 Å². The summed E-state index contributed by atoms with van der Waals surface area (Å²) in [5, 5.41) is 28.5. The molecule has 0 aliphatic rings. The van der Waals surface area contributed by atoms with Crippen LogP contribution in [0.1, 0.15) is 39.7 Å². The minimum atomic E-state index is -1.26. The van der Waals surface area contributed by atoms with Crippen molar-refractivity contribution in [3.05, 3.63) is 29.8 Å². The van der Waals surface area contributed by atoms with E-state index in [0.717, 1.165) is 0 Å². The first-order valence-corrected chi connectivity index (χ1v) is 11.3. The number of carboxylic acid groups (broad SMARTS) is 1. The van der Waals surface area contributed by atoms with Crippen molar-refractivity contribution in [2.24, 2.45) is 11.7 Å². The summed E-state index contributed by atoms with van der Waals surface area (Å²) in [6.45, 7) is 6.02. The highest BCUT2D eigenvalue weighted by atomic mass is 16.4. The Hall–Kier alpha value is -3.67. The van der Waals surface area contributed by atoms with E-state index in [1.54, 1.807) is 6.92 Å². The lowest BCUT2D eigenvalue weighted by Gasteiger charge is -2.26. The molecule has 0 radical (unpaired) electrons. The maximum atomic E-state index is 12.7. The Labute approximate surface area is 204 Å². The van der Waals surface area contributed by atoms with E-state index >= 15 is 0 Å². The molecule has 194 valence electrons. The fourth-order valence-electron chi connectivity index (χ4n) is 2.99. The molecule has 1 aromatic rings. The highest BCUT2D eigenvalue weighted by Crippen LogP contribution is 2.11. The van der Waals surface area contributed by atoms with E-state index in [1.807, 2.05) is 6.92 Å². The number of aliphatic carboxylic acids is 1. The lowest BCUT2D eigenvalue weighted by atomic mass is 9.97. The van der Waals surface area contributed by atoms with Crippen LogP contribution in [0.4, 0.5) is 0 Å². The van der Waals surface area contributed by atoms with Gasteiger partial charge in [-0.2, -0.15) is 0 Å². The van der Waals surface area contributed by atoms with Crippen LogP contribution < -0.4 is 27.0 Å². The summed E-state index contributed by atoms with van der Waals surface area (Å²) in [5.41, 5.74) is 6.14. The molecule has 0 saturated carbocycles. The molecular formula is C23H35N5O7. The molecule has 0 heterocycles. The summed E-state index contributed by atoms with van der Waals surface area (Å²) in [4.78, 5) is 60.7. The van der Waals surface area contributed by atoms with E-state index in [0.29, 0.717) is 12.0 Å². The van der Waals surface area contributed by atoms with Crippen LogP contribution in [0.3, 0.4) is 0 Å². The van der Waals surface area contributed by atoms with Crippen molar-refractivity contribution < 1.29 is 34.2 Å². The summed E-state index contributed by atoms with van der Waals surface area (Å²) in [6, 6.07) is 1.90. The molecule has 8 N–H and O–H groups in total. The predicted molar refractivity (Wildman–Crippen MR) is 127 cm³/mol. The normalized spacial score (nSPS) is 15.0. The first-order valence-electron chi connectivity index (χ1n) is 11.3. The Bertz CT molecular complexity index is 904. The van der Waals surface area contributed by atoms with Crippen LogP contribution in [0.15, 0.2) is 24.3 Å². The van der Waals surface area contributed by atoms with Crippen molar-refractivity contribution in [3.8, 4) is 5.75 Å². The largest absolute Gasteiger partial charge is 0.508 e. The summed E-state index contributed by atoms with van der Waals surface area (Å²) < 4.78 is 0. The zero-order valence-electron chi connectivity index (χ0n) is 20.3. The molecule has 0 fully saturated rings. The number of phenolic OH excluding ortho intramolecular Hbond substituents is 1. The van der Waals surface area contributed by atoms with Gasteiger partial charge in [-0.15, -0.1) is 0 Å². The number of hydrogen-bond donors (Lipinski definition) is 7. The lowest BCUT2D eigenvalue weighted by Crippen LogP contribution is -2.57. The number of aromatic hydroxyl groups is 1. The second-order valence-electron chi connectivity index (χ2n) is 8.44. The fraction of sp³-hybridized carbons (Fsp3) is 0.522. The number of amides is 4. The maximum Gasteiger partial charge on any atom is 0.326 e. The van der Waals surface area contributed by atoms with Gasteiger partial charge in [0.2, 0.25) is 23.6 Å². The van der Waals surface area contributed by atoms with E-state index in [1.165, 1.54) is 38.1 Å². The molecular weight excluding hydrogens is 458 g/mol. The van der Waals surface area contributed by atoms with Gasteiger partial charge >= 0.3 is 5.97 Å². The number of carbonyl (C=O) groups excluding carboxylic acids is 4. The highest BCUT2D eigenvalue weighted by molar-refractivity contribution is 5.94. The SMILES string of the molecule is CC[C@H](C)[C@H](NC(=O)[C@H](C)N)C(=O)N[C@@H](C)C(=O)NCC(=O)N[C@@H](Cc1ccc(O)cc1)C(=O)O. The standard InChI is InChI=1S/C23H35N5O7/c1-5-12(2)19(28-20(31)13(3)24)22(33)26-14(4)21(32)25-11-18(30)27-17(23(34)35)10-15-6-8-16(29)9-7-15/h6-9,12-14,17,19,29H,5,10-11,24H2,1-4H3,(H,25,32)(H,26,33)(H,27,30)(H,28,31)(H,34,35)/t12-,13-,14-,17-,19-/m0/s1. The quantitative estimate of drug-likeness (QED) is 0.181. The molecule has 0 unspecified atom stereocenters. The van der Waals surface area contributed by atoms with Gasteiger partial charge < -0.3 is 37.2 Å². The van der Waals surface area contributed by atoms with Gasteiger partial charge in [-0.3, -0.25) is 19.2 Å². The van der Waals surface area contributed by atoms with Crippen LogP contribution in [-0.4, -0.2) is 70.5 Å². The molecule has 1 rings (SSSR count). The van der Waals surface area contributed by atoms with E-state index in [-0.39, 0.29) is 18.1 Å². The number of nitrogens with two attached hydrogens (primary N) is 1. The molecule has 0 spiro atoms. The fourth-order valence-corrected chi connectivity index (χ4v) is 2.99. The minimum Gasteiger partial charge on any atom is -0.508 e. The topological polar surface area (TPSA) is 200 Å². The second-order valence-corrected chi connectivity index (χ2v) is 8.44. The minimum absolute atomic E-state index is 0.0219. The van der Waals surface area contributed by atoms with Crippen LogP contribution in [0.5, 0.6) is 5.75 Å². The van der Waals surface area contributed by atoms with E-state index in [9.17, 15) is 34.2 Å². The van der Waals surface area contributed by atoms with Crippen LogP contribution in [0.2, 0.25) is 0 Å². The number of hydrogen-bond acceptors (Lipinski definition) is 7. The van der Waals surface area contributed by atoms with Crippen molar-refractivity contribution >= 4 is 29.6 Å². The van der Waals surface area contributed by atoms with Crippen LogP contribution in [0, 0.1) is 5.92 Å². The summed E-state index contributed by atoms with van der Waals surface area (Å²) in [5.74, 6) is -3.92. The second kappa shape index (κ2) is 13.9. The molecule has 0 aliphatic heterocycles. The van der Waals surface area contributed by atoms with Gasteiger partial charge in [-0.25, -0.2) is 4.79 Å². The number of carboxylic acids is 1. The molecule has 0 aliphatic carbocycles. The van der Waals surface area contributed by atoms with Crippen LogP contribution in [0.25, 0.3) is 0 Å². The Morgan fingerprint density at radius 1 is 0.914 bits per heavy atom. The van der Waals surface area contributed by atoms with Gasteiger partial charge in [0.25, 0.3) is 0 Å². The number of nitrogens with one attached hydrogen (secondary N) is 4. The van der Waals surface area contributed by atoms with Gasteiger partial charge in [-0.1, -0.05) is 32.4 Å². The third-order valence-electron chi connectivity index (χ3n) is 5.39. The lowest BCUT2D eigenvalue weighted by molar-refractivity contribution is -0.141. The first-order chi connectivity index (χ1) is 16.3. The van der Waals surface area contributed by atoms with Crippen LogP contribution in [-0.2, 0) is 30.4 Å². The summed E-state index contributed by atoms with van der Waals surface area (Å²) >= 11 is 0. The summed E-state index contributed by atoms with van der Waals surface area (Å²) in [6.07, 6.45) is 0.568. The zero-order valence-corrected chi connectivity index (χ0v) is 20.3. The predicted octanol–water partition coefficient (Wildman–Crippen LogP) is -0.997. The Morgan fingerprint density at radius 2 is 1.51 bits per heavy atom. The third kappa shape index (κ3) is 10.0. The van der Waals surface area contributed by atoms with Crippen molar-refractivity contribution in [2.45, 2.75) is 64.7 Å². The molecule has 5 atom stereocenters. The smallest absolute Gasteiger partial charge is 0.326 e. The zero-order chi connectivity index (χ0) is 26.7. The monoisotopic (exact) mass is 493 g/mol. The molecule has 0 bridgehead atoms. The number of phenols is 1. The molecule has 12 heteroatoms. The number of carbonyl (C=O) groups is 5. The van der Waals surface area contributed by atoms with Gasteiger partial charge in [0, 0.05) is 6.42 Å². The Kier molecular flexibility index (Phi) is 11.7. The van der Waals surface area contributed by atoms with E-state index < -0.39 is 60.3 Å². The number of rotatable bonds is 13. The number of benzene rings is 1. The van der Waals surface area contributed by atoms with E-state index in [4.69, 9.17) is 5.73 Å². The van der Waals surface area contributed by atoms with Gasteiger partial charge in [0.1, 0.15) is 23.9 Å². The molecule has 4 amide bonds. The molecule has 0 aromatic heterocycles. The Morgan fingerprint density at radius 3 is 2.03 bits per heavy atom. The van der Waals surface area contributed by atoms with E-state index in [2.05, 4.69) is 21.3 Å². The highest BCUT2D eigenvalue weighted by Gasteiger charge is 2.29. The third-order valence-corrected chi connectivity index (χ3v) is 5.39. The summed E-state index contributed by atoms with van der Waals surface area (Å²) in [7, 11) is 0. The van der Waals surface area contributed by atoms with Gasteiger partial charge in [-0.05, 0) is 37.5 Å². The van der Waals surface area contributed by atoms with Crippen LogP contribution >= 0.6 is 0 Å². The molecule has 35 heavy (non-hydrogen) atoms. The molecule has 1 aromatic carbocycles.